The molecule has 0 aliphatic heterocycles. The van der Waals surface area contributed by atoms with E-state index in [0.717, 1.165) is 0 Å². The number of aromatic carboxylic acids is 1. The second-order valence-electron chi connectivity index (χ2n) is 4.01. The molecule has 0 fully saturated rings. The Bertz CT molecular complexity index is 578. The lowest BCUT2D eigenvalue weighted by atomic mass is 10.2. The van der Waals surface area contributed by atoms with Crippen LogP contribution in [0.4, 0.5) is 5.82 Å². The third-order valence-corrected chi connectivity index (χ3v) is 3.74. The van der Waals surface area contributed by atoms with E-state index in [4.69, 9.17) is 5.11 Å². The Morgan fingerprint density at radius 3 is 2.72 bits per heavy atom. The van der Waals surface area contributed by atoms with E-state index in [1.54, 1.807) is 30.4 Å². The Kier molecular flexibility index (Phi) is 3.62. The van der Waals surface area contributed by atoms with Gasteiger partial charge in [0.25, 0.3) is 0 Å². The van der Waals surface area contributed by atoms with E-state index in [2.05, 4.69) is 28.7 Å². The number of nitrogens with zero attached hydrogens (tertiary/aromatic N) is 1. The summed E-state index contributed by atoms with van der Waals surface area (Å²) in [6.45, 7) is 4.48. The molecule has 0 aliphatic carbocycles. The fourth-order valence-electron chi connectivity index (χ4n) is 1.64. The van der Waals surface area contributed by atoms with Crippen molar-refractivity contribution in [3.8, 4) is 0 Å². The van der Waals surface area contributed by atoms with Crippen molar-refractivity contribution in [2.24, 2.45) is 0 Å². The zero-order valence-electron chi connectivity index (χ0n) is 10.2. The molecule has 0 amide bonds. The molecule has 2 N–H and O–H groups in total. The van der Waals surface area contributed by atoms with Crippen LogP contribution in [0.25, 0.3) is 0 Å². The van der Waals surface area contributed by atoms with Crippen LogP contribution in [0.15, 0.2) is 23.6 Å². The number of pyridine rings is 1. The van der Waals surface area contributed by atoms with Gasteiger partial charge in [-0.3, -0.25) is 0 Å². The Balaban J connectivity index is 2.09. The van der Waals surface area contributed by atoms with Crippen LogP contribution in [0.5, 0.6) is 0 Å². The van der Waals surface area contributed by atoms with Gasteiger partial charge in [0.1, 0.15) is 5.82 Å². The van der Waals surface area contributed by atoms with Crippen LogP contribution in [-0.2, 0) is 6.54 Å². The van der Waals surface area contributed by atoms with Crippen LogP contribution < -0.4 is 5.32 Å². The van der Waals surface area contributed by atoms with Gasteiger partial charge < -0.3 is 10.4 Å². The average Bonchev–Trinajstić information content (AvgIpc) is 2.72. The molecule has 0 aromatic carbocycles. The van der Waals surface area contributed by atoms with Crippen LogP contribution in [0.1, 0.15) is 26.5 Å². The monoisotopic (exact) mass is 262 g/mol. The number of aromatic nitrogens is 1. The highest BCUT2D eigenvalue weighted by molar-refractivity contribution is 7.10. The Morgan fingerprint density at radius 1 is 1.39 bits per heavy atom. The van der Waals surface area contributed by atoms with Crippen molar-refractivity contribution in [1.82, 2.24) is 4.98 Å². The largest absolute Gasteiger partial charge is 0.478 e. The number of hydrogen-bond acceptors (Lipinski definition) is 4. The summed E-state index contributed by atoms with van der Waals surface area (Å²) in [7, 11) is 0. The molecule has 0 atom stereocenters. The normalized spacial score (nSPS) is 10.3. The minimum Gasteiger partial charge on any atom is -0.478 e. The third kappa shape index (κ3) is 2.68. The summed E-state index contributed by atoms with van der Waals surface area (Å²) >= 11 is 1.70. The Hall–Kier alpha value is -1.88. The molecular formula is C13H14N2O2S. The number of carboxylic acid groups (broad SMARTS) is 1. The minimum absolute atomic E-state index is 0.243. The van der Waals surface area contributed by atoms with E-state index < -0.39 is 5.97 Å². The highest BCUT2D eigenvalue weighted by Crippen LogP contribution is 2.17. The van der Waals surface area contributed by atoms with Crippen LogP contribution >= 0.6 is 11.3 Å². The molecule has 0 bridgehead atoms. The lowest BCUT2D eigenvalue weighted by Crippen LogP contribution is -2.06. The van der Waals surface area contributed by atoms with Gasteiger partial charge in [0, 0.05) is 4.88 Å². The maximum absolute atomic E-state index is 10.9. The Morgan fingerprint density at radius 2 is 2.17 bits per heavy atom. The summed E-state index contributed by atoms with van der Waals surface area (Å²) in [5, 5.41) is 14.2. The fraction of sp³-hybridized carbons (Fsp3) is 0.231. The molecule has 0 saturated carbocycles. The van der Waals surface area contributed by atoms with E-state index >= 15 is 0 Å². The van der Waals surface area contributed by atoms with Crippen LogP contribution in [0, 0.1) is 13.8 Å². The smallest absolute Gasteiger partial charge is 0.337 e. The number of carbonyl (C=O) groups is 1. The van der Waals surface area contributed by atoms with E-state index in [9.17, 15) is 4.79 Å². The second-order valence-corrected chi connectivity index (χ2v) is 5.02. The highest BCUT2D eigenvalue weighted by Gasteiger charge is 2.08. The number of carboxylic acids is 1. The third-order valence-electron chi connectivity index (χ3n) is 2.71. The first-order chi connectivity index (χ1) is 8.58. The van der Waals surface area contributed by atoms with Gasteiger partial charge in [0.15, 0.2) is 0 Å². The van der Waals surface area contributed by atoms with Gasteiger partial charge in [-0.1, -0.05) is 0 Å². The molecule has 2 rings (SSSR count). The zero-order chi connectivity index (χ0) is 13.1. The minimum atomic E-state index is -0.944. The number of aryl methyl sites for hydroxylation is 2. The van der Waals surface area contributed by atoms with Gasteiger partial charge >= 0.3 is 5.97 Å². The first-order valence-corrected chi connectivity index (χ1v) is 6.43. The number of nitrogens with one attached hydrogen (secondary N) is 1. The number of hydrogen-bond donors (Lipinski definition) is 2. The van der Waals surface area contributed by atoms with E-state index in [1.165, 1.54) is 10.4 Å². The Labute approximate surface area is 109 Å². The number of anilines is 1. The van der Waals surface area contributed by atoms with Crippen molar-refractivity contribution in [2.75, 3.05) is 5.32 Å². The molecule has 2 aromatic rings. The molecule has 4 nitrogen and oxygen atoms in total. The maximum Gasteiger partial charge on any atom is 0.337 e. The molecule has 5 heteroatoms. The lowest BCUT2D eigenvalue weighted by molar-refractivity contribution is 0.0695. The van der Waals surface area contributed by atoms with Crippen molar-refractivity contribution in [2.45, 2.75) is 20.4 Å². The standard InChI is InChI=1S/C13H14N2O2S/c1-8-5-6-18-11(8)7-14-12-4-3-10(13(16)17)9(2)15-12/h3-6H,7H2,1-2H3,(H,14,15)(H,16,17). The highest BCUT2D eigenvalue weighted by atomic mass is 32.1. The molecule has 0 unspecified atom stereocenters. The van der Waals surface area contributed by atoms with Crippen molar-refractivity contribution in [3.63, 3.8) is 0 Å². The van der Waals surface area contributed by atoms with Gasteiger partial charge in [-0.05, 0) is 43.0 Å². The summed E-state index contributed by atoms with van der Waals surface area (Å²) < 4.78 is 0. The quantitative estimate of drug-likeness (QED) is 0.889. The van der Waals surface area contributed by atoms with Crippen molar-refractivity contribution in [3.05, 3.63) is 45.3 Å². The maximum atomic E-state index is 10.9. The van der Waals surface area contributed by atoms with E-state index in [0.29, 0.717) is 18.1 Å². The molecule has 0 aliphatic rings. The predicted octanol–water partition coefficient (Wildman–Crippen LogP) is 3.07. The molecule has 0 saturated heterocycles. The fourth-order valence-corrected chi connectivity index (χ4v) is 2.49. The van der Waals surface area contributed by atoms with Crippen molar-refractivity contribution < 1.29 is 9.90 Å². The summed E-state index contributed by atoms with van der Waals surface area (Å²) in [6.07, 6.45) is 0. The SMILES string of the molecule is Cc1ccsc1CNc1ccc(C(=O)O)c(C)n1. The number of thiophene rings is 1. The lowest BCUT2D eigenvalue weighted by Gasteiger charge is -2.07. The summed E-state index contributed by atoms with van der Waals surface area (Å²) in [4.78, 5) is 16.4. The molecule has 0 radical (unpaired) electrons. The summed E-state index contributed by atoms with van der Waals surface area (Å²) in [5.74, 6) is -0.244. The first kappa shape index (κ1) is 12.6. The predicted molar refractivity (Wildman–Crippen MR) is 72.3 cm³/mol. The van der Waals surface area contributed by atoms with Gasteiger partial charge in [0.05, 0.1) is 17.8 Å². The molecular weight excluding hydrogens is 248 g/mol. The van der Waals surface area contributed by atoms with Crippen molar-refractivity contribution >= 4 is 23.1 Å². The number of rotatable bonds is 4. The van der Waals surface area contributed by atoms with Gasteiger partial charge in [-0.15, -0.1) is 11.3 Å². The van der Waals surface area contributed by atoms with Gasteiger partial charge in [-0.25, -0.2) is 9.78 Å². The summed E-state index contributed by atoms with van der Waals surface area (Å²) in [5.41, 5.74) is 2.02. The van der Waals surface area contributed by atoms with Crippen LogP contribution in [-0.4, -0.2) is 16.1 Å². The zero-order valence-corrected chi connectivity index (χ0v) is 11.0. The first-order valence-electron chi connectivity index (χ1n) is 5.55. The second kappa shape index (κ2) is 5.18. The molecule has 2 aromatic heterocycles. The van der Waals surface area contributed by atoms with Crippen molar-refractivity contribution in [1.29, 1.82) is 0 Å². The molecule has 0 spiro atoms. The van der Waals surface area contributed by atoms with Gasteiger partial charge in [-0.2, -0.15) is 0 Å². The van der Waals surface area contributed by atoms with E-state index in [-0.39, 0.29) is 5.56 Å². The van der Waals surface area contributed by atoms with Crippen LogP contribution in [0.3, 0.4) is 0 Å². The average molecular weight is 262 g/mol. The molecule has 2 heterocycles. The van der Waals surface area contributed by atoms with Gasteiger partial charge in [0.2, 0.25) is 0 Å². The topological polar surface area (TPSA) is 62.2 Å². The van der Waals surface area contributed by atoms with Crippen LogP contribution in [0.2, 0.25) is 0 Å². The van der Waals surface area contributed by atoms with E-state index in [1.807, 2.05) is 0 Å². The summed E-state index contributed by atoms with van der Waals surface area (Å²) in [6, 6.07) is 5.35. The molecule has 94 valence electrons. The molecule has 18 heavy (non-hydrogen) atoms.